The van der Waals surface area contributed by atoms with E-state index in [2.05, 4.69) is 4.72 Å². The fourth-order valence-electron chi connectivity index (χ4n) is 3.08. The molecule has 1 atom stereocenters. The van der Waals surface area contributed by atoms with Gasteiger partial charge in [0.15, 0.2) is 0 Å². The van der Waals surface area contributed by atoms with Crippen LogP contribution in [0.2, 0.25) is 0 Å². The first-order valence-electron chi connectivity index (χ1n) is 7.43. The highest BCUT2D eigenvalue weighted by atomic mass is 32.2. The quantitative estimate of drug-likeness (QED) is 0.818. The number of rotatable bonds is 4. The van der Waals surface area contributed by atoms with E-state index in [0.717, 1.165) is 44.9 Å². The lowest BCUT2D eigenvalue weighted by molar-refractivity contribution is 0.109. The SMILES string of the molecule is CC1CCCCN1S(=O)(=O)NCC1CCC(O)CC1. The summed E-state index contributed by atoms with van der Waals surface area (Å²) in [6, 6.07) is 0.111. The van der Waals surface area contributed by atoms with Crippen LogP contribution >= 0.6 is 0 Å². The molecule has 0 amide bonds. The van der Waals surface area contributed by atoms with Crippen LogP contribution in [-0.2, 0) is 10.2 Å². The molecule has 19 heavy (non-hydrogen) atoms. The van der Waals surface area contributed by atoms with Gasteiger partial charge in [0.25, 0.3) is 10.2 Å². The molecule has 2 rings (SSSR count). The molecule has 6 heteroatoms. The van der Waals surface area contributed by atoms with E-state index < -0.39 is 10.2 Å². The predicted molar refractivity (Wildman–Crippen MR) is 74.9 cm³/mol. The largest absolute Gasteiger partial charge is 0.393 e. The van der Waals surface area contributed by atoms with Gasteiger partial charge in [-0.05, 0) is 51.4 Å². The highest BCUT2D eigenvalue weighted by Gasteiger charge is 2.30. The fourth-order valence-corrected chi connectivity index (χ4v) is 4.64. The average molecular weight is 290 g/mol. The van der Waals surface area contributed by atoms with Crippen molar-refractivity contribution in [3.63, 3.8) is 0 Å². The Morgan fingerprint density at radius 1 is 1.16 bits per heavy atom. The van der Waals surface area contributed by atoms with Crippen molar-refractivity contribution in [2.45, 2.75) is 64.0 Å². The summed E-state index contributed by atoms with van der Waals surface area (Å²) in [7, 11) is -3.32. The van der Waals surface area contributed by atoms with Gasteiger partial charge in [-0.25, -0.2) is 4.72 Å². The first kappa shape index (κ1) is 15.2. The highest BCUT2D eigenvalue weighted by molar-refractivity contribution is 7.87. The van der Waals surface area contributed by atoms with Crippen molar-refractivity contribution < 1.29 is 13.5 Å². The van der Waals surface area contributed by atoms with E-state index in [1.165, 1.54) is 0 Å². The zero-order chi connectivity index (χ0) is 13.9. The van der Waals surface area contributed by atoms with Gasteiger partial charge in [-0.3, -0.25) is 0 Å². The third kappa shape index (κ3) is 4.15. The number of nitrogens with zero attached hydrogens (tertiary/aromatic N) is 1. The topological polar surface area (TPSA) is 69.6 Å². The molecule has 1 unspecified atom stereocenters. The maximum atomic E-state index is 12.3. The minimum atomic E-state index is -3.32. The average Bonchev–Trinajstić information content (AvgIpc) is 2.38. The molecule has 1 heterocycles. The maximum Gasteiger partial charge on any atom is 0.279 e. The van der Waals surface area contributed by atoms with Crippen molar-refractivity contribution in [1.82, 2.24) is 9.03 Å². The van der Waals surface area contributed by atoms with Gasteiger partial charge in [0.2, 0.25) is 0 Å². The molecule has 2 fully saturated rings. The summed E-state index contributed by atoms with van der Waals surface area (Å²) >= 11 is 0. The number of aliphatic hydroxyl groups excluding tert-OH is 1. The van der Waals surface area contributed by atoms with Crippen molar-refractivity contribution in [1.29, 1.82) is 0 Å². The summed E-state index contributed by atoms with van der Waals surface area (Å²) in [4.78, 5) is 0. The molecule has 0 radical (unpaired) electrons. The van der Waals surface area contributed by atoms with Crippen LogP contribution in [0.1, 0.15) is 51.9 Å². The molecular weight excluding hydrogens is 264 g/mol. The third-order valence-electron chi connectivity index (χ3n) is 4.42. The summed E-state index contributed by atoms with van der Waals surface area (Å²) in [5.41, 5.74) is 0. The molecule has 2 N–H and O–H groups in total. The van der Waals surface area contributed by atoms with Gasteiger partial charge in [0, 0.05) is 19.1 Å². The van der Waals surface area contributed by atoms with E-state index in [1.54, 1.807) is 4.31 Å². The lowest BCUT2D eigenvalue weighted by atomic mass is 9.88. The second kappa shape index (κ2) is 6.52. The van der Waals surface area contributed by atoms with E-state index in [9.17, 15) is 13.5 Å². The molecule has 0 spiro atoms. The maximum absolute atomic E-state index is 12.3. The van der Waals surface area contributed by atoms with E-state index in [-0.39, 0.29) is 12.1 Å². The third-order valence-corrected chi connectivity index (χ3v) is 6.11. The van der Waals surface area contributed by atoms with Crippen LogP contribution < -0.4 is 4.72 Å². The molecule has 1 saturated heterocycles. The lowest BCUT2D eigenvalue weighted by Gasteiger charge is -2.33. The monoisotopic (exact) mass is 290 g/mol. The lowest BCUT2D eigenvalue weighted by Crippen LogP contribution is -2.49. The fraction of sp³-hybridized carbons (Fsp3) is 1.00. The van der Waals surface area contributed by atoms with E-state index in [4.69, 9.17) is 0 Å². The number of hydrogen-bond donors (Lipinski definition) is 2. The Balaban J connectivity index is 1.83. The molecule has 0 aromatic rings. The Hall–Kier alpha value is -0.170. The first-order chi connectivity index (χ1) is 8.99. The van der Waals surface area contributed by atoms with Crippen molar-refractivity contribution in [2.24, 2.45) is 5.92 Å². The van der Waals surface area contributed by atoms with Gasteiger partial charge >= 0.3 is 0 Å². The van der Waals surface area contributed by atoms with Crippen LogP contribution in [0.25, 0.3) is 0 Å². The number of piperidine rings is 1. The summed E-state index contributed by atoms with van der Waals surface area (Å²) in [5.74, 6) is 0.373. The number of nitrogens with one attached hydrogen (secondary N) is 1. The molecule has 5 nitrogen and oxygen atoms in total. The van der Waals surface area contributed by atoms with Crippen molar-refractivity contribution in [3.05, 3.63) is 0 Å². The Labute approximate surface area is 116 Å². The van der Waals surface area contributed by atoms with E-state index in [1.807, 2.05) is 6.92 Å². The van der Waals surface area contributed by atoms with Crippen molar-refractivity contribution in [3.8, 4) is 0 Å². The summed E-state index contributed by atoms with van der Waals surface area (Å²) in [5, 5.41) is 9.45. The van der Waals surface area contributed by atoms with Crippen LogP contribution in [0.5, 0.6) is 0 Å². The number of aliphatic hydroxyl groups is 1. The van der Waals surface area contributed by atoms with Gasteiger partial charge in [-0.2, -0.15) is 12.7 Å². The summed E-state index contributed by atoms with van der Waals surface area (Å²) in [6.07, 6.45) is 6.28. The molecule has 1 aliphatic carbocycles. The Bertz CT molecular complexity index is 377. The Kier molecular flexibility index (Phi) is 5.22. The van der Waals surface area contributed by atoms with E-state index in [0.29, 0.717) is 19.0 Å². The molecular formula is C13H26N2O3S. The van der Waals surface area contributed by atoms with Gasteiger partial charge < -0.3 is 5.11 Å². The van der Waals surface area contributed by atoms with Gasteiger partial charge in [-0.15, -0.1) is 0 Å². The predicted octanol–water partition coefficient (Wildman–Crippen LogP) is 1.25. The van der Waals surface area contributed by atoms with Gasteiger partial charge in [0.1, 0.15) is 0 Å². The zero-order valence-electron chi connectivity index (χ0n) is 11.7. The van der Waals surface area contributed by atoms with Crippen LogP contribution in [0.15, 0.2) is 0 Å². The van der Waals surface area contributed by atoms with Gasteiger partial charge in [-0.1, -0.05) is 6.42 Å². The van der Waals surface area contributed by atoms with Crippen LogP contribution in [0.3, 0.4) is 0 Å². The van der Waals surface area contributed by atoms with Crippen LogP contribution in [-0.4, -0.2) is 43.1 Å². The zero-order valence-corrected chi connectivity index (χ0v) is 12.5. The minimum absolute atomic E-state index is 0.111. The van der Waals surface area contributed by atoms with Gasteiger partial charge in [0.05, 0.1) is 6.10 Å². The number of hydrogen-bond acceptors (Lipinski definition) is 3. The van der Waals surface area contributed by atoms with Crippen molar-refractivity contribution in [2.75, 3.05) is 13.1 Å². The molecule has 0 bridgehead atoms. The smallest absolute Gasteiger partial charge is 0.279 e. The molecule has 112 valence electrons. The Morgan fingerprint density at radius 2 is 1.84 bits per heavy atom. The normalized spacial score (nSPS) is 34.3. The highest BCUT2D eigenvalue weighted by Crippen LogP contribution is 2.24. The van der Waals surface area contributed by atoms with Crippen LogP contribution in [0.4, 0.5) is 0 Å². The molecule has 0 aromatic heterocycles. The second-order valence-electron chi connectivity index (χ2n) is 5.98. The second-order valence-corrected chi connectivity index (χ2v) is 7.69. The van der Waals surface area contributed by atoms with E-state index >= 15 is 0 Å². The molecule has 2 aliphatic rings. The Morgan fingerprint density at radius 3 is 2.47 bits per heavy atom. The molecule has 1 aliphatic heterocycles. The standard InChI is InChI=1S/C13H26N2O3S/c1-11-4-2-3-9-15(11)19(17,18)14-10-12-5-7-13(16)8-6-12/h11-14,16H,2-10H2,1H3. The molecule has 1 saturated carbocycles. The first-order valence-corrected chi connectivity index (χ1v) is 8.87. The summed E-state index contributed by atoms with van der Waals surface area (Å²) < 4.78 is 28.9. The minimum Gasteiger partial charge on any atom is -0.393 e. The molecule has 0 aromatic carbocycles. The van der Waals surface area contributed by atoms with Crippen molar-refractivity contribution >= 4 is 10.2 Å². The van der Waals surface area contributed by atoms with Crippen LogP contribution in [0, 0.1) is 5.92 Å². The summed E-state index contributed by atoms with van der Waals surface area (Å²) in [6.45, 7) is 3.13.